The molecule has 0 saturated carbocycles. The lowest BCUT2D eigenvalue weighted by Crippen LogP contribution is -2.32. The van der Waals surface area contributed by atoms with Crippen molar-refractivity contribution in [1.29, 1.82) is 0 Å². The van der Waals surface area contributed by atoms with Crippen molar-refractivity contribution < 1.29 is 4.92 Å². The highest BCUT2D eigenvalue weighted by Gasteiger charge is 2.19. The largest absolute Gasteiger partial charge is 0.369 e. The van der Waals surface area contributed by atoms with Gasteiger partial charge in [-0.05, 0) is 24.8 Å². The van der Waals surface area contributed by atoms with Gasteiger partial charge in [0.05, 0.1) is 4.92 Å². The molecule has 0 heterocycles. The van der Waals surface area contributed by atoms with Crippen LogP contribution in [0.3, 0.4) is 0 Å². The van der Waals surface area contributed by atoms with Crippen molar-refractivity contribution in [2.45, 2.75) is 33.2 Å². The second-order valence-electron chi connectivity index (χ2n) is 5.32. The first-order valence-electron chi connectivity index (χ1n) is 6.55. The highest BCUT2D eigenvalue weighted by atomic mass is 16.6. The van der Waals surface area contributed by atoms with E-state index in [2.05, 4.69) is 13.8 Å². The molecule has 5 heteroatoms. The van der Waals surface area contributed by atoms with E-state index in [1.165, 1.54) is 0 Å². The number of anilines is 1. The van der Waals surface area contributed by atoms with Crippen molar-refractivity contribution in [1.82, 2.24) is 0 Å². The number of hydrogen-bond donors (Lipinski definition) is 1. The molecule has 0 aliphatic heterocycles. The lowest BCUT2D eigenvalue weighted by molar-refractivity contribution is -0.384. The van der Waals surface area contributed by atoms with Crippen LogP contribution in [0.4, 0.5) is 11.4 Å². The number of benzene rings is 1. The molecule has 1 unspecified atom stereocenters. The third-order valence-corrected chi connectivity index (χ3v) is 3.45. The Kier molecular flexibility index (Phi) is 5.30. The molecule has 1 aromatic carbocycles. The lowest BCUT2D eigenvalue weighted by atomic mass is 10.0. The summed E-state index contributed by atoms with van der Waals surface area (Å²) in [6.45, 7) is 6.77. The van der Waals surface area contributed by atoms with E-state index in [0.717, 1.165) is 12.0 Å². The van der Waals surface area contributed by atoms with Gasteiger partial charge in [0.2, 0.25) is 0 Å². The Morgan fingerprint density at radius 3 is 2.58 bits per heavy atom. The first-order valence-corrected chi connectivity index (χ1v) is 6.55. The first kappa shape index (κ1) is 15.4. The van der Waals surface area contributed by atoms with Gasteiger partial charge in [-0.1, -0.05) is 26.0 Å². The van der Waals surface area contributed by atoms with Gasteiger partial charge in [-0.25, -0.2) is 0 Å². The second-order valence-corrected chi connectivity index (χ2v) is 5.32. The average Bonchev–Trinajstić information content (AvgIpc) is 2.34. The average molecular weight is 265 g/mol. The van der Waals surface area contributed by atoms with Crippen molar-refractivity contribution in [3.8, 4) is 0 Å². The van der Waals surface area contributed by atoms with Crippen molar-refractivity contribution in [2.24, 2.45) is 11.7 Å². The quantitative estimate of drug-likeness (QED) is 0.634. The molecule has 0 spiro atoms. The minimum Gasteiger partial charge on any atom is -0.369 e. The van der Waals surface area contributed by atoms with E-state index in [-0.39, 0.29) is 16.7 Å². The third-order valence-electron chi connectivity index (χ3n) is 3.45. The van der Waals surface area contributed by atoms with E-state index in [9.17, 15) is 10.1 Å². The molecule has 0 fully saturated rings. The van der Waals surface area contributed by atoms with Gasteiger partial charge >= 0.3 is 0 Å². The molecule has 0 aliphatic carbocycles. The van der Waals surface area contributed by atoms with Crippen LogP contribution in [0.2, 0.25) is 0 Å². The number of aryl methyl sites for hydroxylation is 1. The van der Waals surface area contributed by atoms with Crippen molar-refractivity contribution in [3.05, 3.63) is 33.9 Å². The minimum absolute atomic E-state index is 0.116. The molecule has 106 valence electrons. The molecule has 0 aromatic heterocycles. The van der Waals surface area contributed by atoms with Crippen LogP contribution in [0.15, 0.2) is 18.2 Å². The Morgan fingerprint density at radius 2 is 2.05 bits per heavy atom. The minimum atomic E-state index is -0.332. The Labute approximate surface area is 114 Å². The molecule has 2 N–H and O–H groups in total. The Bertz CT molecular complexity index is 446. The fraction of sp³-hybridized carbons (Fsp3) is 0.571. The van der Waals surface area contributed by atoms with E-state index in [1.54, 1.807) is 12.1 Å². The monoisotopic (exact) mass is 265 g/mol. The summed E-state index contributed by atoms with van der Waals surface area (Å²) < 4.78 is 0. The zero-order valence-electron chi connectivity index (χ0n) is 12.1. The summed E-state index contributed by atoms with van der Waals surface area (Å²) in [5, 5.41) is 11.1. The van der Waals surface area contributed by atoms with Gasteiger partial charge in [0.1, 0.15) is 5.69 Å². The summed E-state index contributed by atoms with van der Waals surface area (Å²) in [6, 6.07) is 5.26. The summed E-state index contributed by atoms with van der Waals surface area (Å²) in [4.78, 5) is 12.7. The van der Waals surface area contributed by atoms with Gasteiger partial charge in [-0.3, -0.25) is 10.1 Å². The fourth-order valence-corrected chi connectivity index (χ4v) is 2.08. The first-order chi connectivity index (χ1) is 8.84. The van der Waals surface area contributed by atoms with Gasteiger partial charge in [0.25, 0.3) is 5.69 Å². The highest BCUT2D eigenvalue weighted by molar-refractivity contribution is 5.67. The van der Waals surface area contributed by atoms with Gasteiger partial charge in [0, 0.05) is 25.7 Å². The second kappa shape index (κ2) is 6.52. The lowest BCUT2D eigenvalue weighted by Gasteiger charge is -2.24. The number of nitrogens with zero attached hydrogens (tertiary/aromatic N) is 2. The van der Waals surface area contributed by atoms with E-state index < -0.39 is 0 Å². The summed E-state index contributed by atoms with van der Waals surface area (Å²) in [6.07, 6.45) is 0.819. The summed E-state index contributed by atoms with van der Waals surface area (Å²) in [5.74, 6) is 0.417. The molecule has 0 saturated heterocycles. The Balaban J connectivity index is 2.87. The number of hydrogen-bond acceptors (Lipinski definition) is 4. The van der Waals surface area contributed by atoms with Crippen molar-refractivity contribution in [3.63, 3.8) is 0 Å². The molecule has 1 aromatic rings. The van der Waals surface area contributed by atoms with Crippen LogP contribution >= 0.6 is 0 Å². The third kappa shape index (κ3) is 3.92. The standard InChI is InChI=1S/C14H23N3O2/c1-10(2)12(15)8-9-16(4)14-11(3)6-5-7-13(14)17(18)19/h5-7,10,12H,8-9,15H2,1-4H3. The zero-order valence-corrected chi connectivity index (χ0v) is 12.1. The molecule has 0 aliphatic rings. The van der Waals surface area contributed by atoms with E-state index in [0.29, 0.717) is 18.2 Å². The smallest absolute Gasteiger partial charge is 0.292 e. The molecule has 1 atom stereocenters. The molecular weight excluding hydrogens is 242 g/mol. The number of nitro groups is 1. The molecule has 19 heavy (non-hydrogen) atoms. The van der Waals surface area contributed by atoms with Crippen LogP contribution in [0.5, 0.6) is 0 Å². The van der Waals surface area contributed by atoms with Gasteiger partial charge in [0.15, 0.2) is 0 Å². The van der Waals surface area contributed by atoms with E-state index in [1.807, 2.05) is 24.9 Å². The Hall–Kier alpha value is -1.62. The van der Waals surface area contributed by atoms with Gasteiger partial charge < -0.3 is 10.6 Å². The van der Waals surface area contributed by atoms with Crippen LogP contribution in [0, 0.1) is 23.0 Å². The maximum Gasteiger partial charge on any atom is 0.292 e. The van der Waals surface area contributed by atoms with Crippen LogP contribution in [-0.2, 0) is 0 Å². The number of nitro benzene ring substituents is 1. The summed E-state index contributed by atoms with van der Waals surface area (Å²) in [7, 11) is 1.88. The topological polar surface area (TPSA) is 72.4 Å². The number of para-hydroxylation sites is 1. The predicted molar refractivity (Wildman–Crippen MR) is 78.5 cm³/mol. The summed E-state index contributed by atoms with van der Waals surface area (Å²) >= 11 is 0. The zero-order chi connectivity index (χ0) is 14.6. The van der Waals surface area contributed by atoms with Crippen molar-refractivity contribution in [2.75, 3.05) is 18.5 Å². The van der Waals surface area contributed by atoms with E-state index >= 15 is 0 Å². The maximum atomic E-state index is 11.1. The van der Waals surface area contributed by atoms with Crippen LogP contribution in [0.1, 0.15) is 25.8 Å². The Morgan fingerprint density at radius 1 is 1.42 bits per heavy atom. The SMILES string of the molecule is Cc1cccc([N+](=O)[O-])c1N(C)CCC(N)C(C)C. The van der Waals surface area contributed by atoms with Crippen LogP contribution < -0.4 is 10.6 Å². The molecule has 0 radical (unpaired) electrons. The molecule has 0 amide bonds. The van der Waals surface area contributed by atoms with Gasteiger partial charge in [-0.15, -0.1) is 0 Å². The van der Waals surface area contributed by atoms with E-state index in [4.69, 9.17) is 5.73 Å². The normalized spacial score (nSPS) is 12.5. The summed E-state index contributed by atoms with van der Waals surface area (Å²) in [5.41, 5.74) is 7.77. The van der Waals surface area contributed by atoms with Gasteiger partial charge in [-0.2, -0.15) is 0 Å². The number of rotatable bonds is 6. The molecular formula is C14H23N3O2. The van der Waals surface area contributed by atoms with Crippen molar-refractivity contribution >= 4 is 11.4 Å². The molecule has 1 rings (SSSR count). The molecule has 5 nitrogen and oxygen atoms in total. The maximum absolute atomic E-state index is 11.1. The van der Waals surface area contributed by atoms with Crippen LogP contribution in [-0.4, -0.2) is 24.6 Å². The predicted octanol–water partition coefficient (Wildman–Crippen LogP) is 2.71. The fourth-order valence-electron chi connectivity index (χ4n) is 2.08. The molecule has 0 bridgehead atoms. The van der Waals surface area contributed by atoms with Crippen LogP contribution in [0.25, 0.3) is 0 Å². The number of nitrogens with two attached hydrogens (primary N) is 1. The highest BCUT2D eigenvalue weighted by Crippen LogP contribution is 2.30.